The molecular formula is C9H10F3NO. The number of rotatable bonds is 4. The summed E-state index contributed by atoms with van der Waals surface area (Å²) >= 11 is 0. The predicted octanol–water partition coefficient (Wildman–Crippen LogP) is 2.51. The van der Waals surface area contributed by atoms with Gasteiger partial charge in [0.05, 0.1) is 0 Å². The zero-order valence-corrected chi connectivity index (χ0v) is 7.56. The van der Waals surface area contributed by atoms with Crippen molar-refractivity contribution < 1.29 is 17.9 Å². The summed E-state index contributed by atoms with van der Waals surface area (Å²) in [5, 5.41) is 2.72. The van der Waals surface area contributed by atoms with Gasteiger partial charge in [0.1, 0.15) is 6.61 Å². The summed E-state index contributed by atoms with van der Waals surface area (Å²) in [6.45, 7) is -0.796. The Kier molecular flexibility index (Phi) is 3.62. The minimum absolute atomic E-state index is 0.163. The Morgan fingerprint density at radius 2 is 2.14 bits per heavy atom. The maximum Gasteiger partial charge on any atom is 0.272 e. The molecule has 0 atom stereocenters. The van der Waals surface area contributed by atoms with Crippen molar-refractivity contribution in [3.05, 3.63) is 24.0 Å². The first-order chi connectivity index (χ1) is 6.63. The Morgan fingerprint density at radius 1 is 1.43 bits per heavy atom. The summed E-state index contributed by atoms with van der Waals surface area (Å²) in [5.41, 5.74) is 0.562. The molecular weight excluding hydrogens is 195 g/mol. The molecule has 0 aliphatic carbocycles. The average Bonchev–Trinajstić information content (AvgIpc) is 2.15. The summed E-state index contributed by atoms with van der Waals surface area (Å²) in [5.74, 6) is -0.818. The normalized spacial score (nSPS) is 10.4. The highest BCUT2D eigenvalue weighted by Gasteiger charge is 2.07. The molecule has 0 aliphatic rings. The second kappa shape index (κ2) is 4.74. The van der Waals surface area contributed by atoms with Crippen LogP contribution in [-0.2, 0) is 0 Å². The molecule has 0 saturated carbocycles. The van der Waals surface area contributed by atoms with Gasteiger partial charge < -0.3 is 10.1 Å². The number of benzene rings is 1. The molecule has 0 aliphatic heterocycles. The lowest BCUT2D eigenvalue weighted by molar-refractivity contribution is 0.0799. The molecule has 0 aromatic heterocycles. The topological polar surface area (TPSA) is 21.3 Å². The number of hydrogen-bond donors (Lipinski definition) is 1. The van der Waals surface area contributed by atoms with E-state index in [-0.39, 0.29) is 5.75 Å². The number of hydrogen-bond acceptors (Lipinski definition) is 2. The highest BCUT2D eigenvalue weighted by molar-refractivity contribution is 5.46. The van der Waals surface area contributed by atoms with Crippen LogP contribution >= 0.6 is 0 Å². The van der Waals surface area contributed by atoms with Gasteiger partial charge in [0.25, 0.3) is 6.43 Å². The molecule has 0 heterocycles. The second-order valence-corrected chi connectivity index (χ2v) is 2.60. The van der Waals surface area contributed by atoms with Gasteiger partial charge in [0, 0.05) is 18.8 Å². The van der Waals surface area contributed by atoms with E-state index in [0.717, 1.165) is 0 Å². The van der Waals surface area contributed by atoms with Crippen molar-refractivity contribution in [2.45, 2.75) is 6.43 Å². The van der Waals surface area contributed by atoms with E-state index in [2.05, 4.69) is 10.1 Å². The zero-order chi connectivity index (χ0) is 10.6. The molecule has 0 amide bonds. The molecule has 0 unspecified atom stereocenters. The van der Waals surface area contributed by atoms with Gasteiger partial charge in [-0.15, -0.1) is 0 Å². The fourth-order valence-corrected chi connectivity index (χ4v) is 0.926. The Bertz CT molecular complexity index is 304. The van der Waals surface area contributed by atoms with Gasteiger partial charge in [-0.25, -0.2) is 13.2 Å². The zero-order valence-electron chi connectivity index (χ0n) is 7.56. The first kappa shape index (κ1) is 10.7. The molecule has 0 spiro atoms. The molecule has 2 nitrogen and oxygen atoms in total. The van der Waals surface area contributed by atoms with Gasteiger partial charge in [-0.3, -0.25) is 0 Å². The predicted molar refractivity (Wildman–Crippen MR) is 47.4 cm³/mol. The Balaban J connectivity index is 2.69. The van der Waals surface area contributed by atoms with E-state index in [4.69, 9.17) is 0 Å². The maximum absolute atomic E-state index is 13.1. The number of ether oxygens (including phenoxy) is 1. The third-order valence-corrected chi connectivity index (χ3v) is 1.59. The summed E-state index contributed by atoms with van der Waals surface area (Å²) in [7, 11) is 1.63. The molecule has 78 valence electrons. The van der Waals surface area contributed by atoms with Crippen molar-refractivity contribution >= 4 is 5.69 Å². The molecule has 0 fully saturated rings. The number of nitrogens with one attached hydrogen (secondary N) is 1. The van der Waals surface area contributed by atoms with Crippen LogP contribution in [0.15, 0.2) is 18.2 Å². The van der Waals surface area contributed by atoms with Crippen molar-refractivity contribution in [1.82, 2.24) is 0 Å². The fraction of sp³-hybridized carbons (Fsp3) is 0.333. The number of halogens is 3. The molecule has 0 saturated heterocycles. The van der Waals surface area contributed by atoms with Crippen LogP contribution in [0.25, 0.3) is 0 Å². The second-order valence-electron chi connectivity index (χ2n) is 2.60. The van der Waals surface area contributed by atoms with E-state index in [1.165, 1.54) is 12.1 Å². The van der Waals surface area contributed by atoms with Crippen LogP contribution in [0.1, 0.15) is 0 Å². The third kappa shape index (κ3) is 2.83. The van der Waals surface area contributed by atoms with Gasteiger partial charge in [-0.2, -0.15) is 0 Å². The Labute approximate surface area is 79.7 Å². The Morgan fingerprint density at radius 3 is 2.64 bits per heavy atom. The van der Waals surface area contributed by atoms with Crippen LogP contribution in [0.2, 0.25) is 0 Å². The molecule has 0 radical (unpaired) electrons. The summed E-state index contributed by atoms with van der Waals surface area (Å²) in [4.78, 5) is 0. The SMILES string of the molecule is CNc1ccc(OCC(F)F)c(F)c1. The fourth-order valence-electron chi connectivity index (χ4n) is 0.926. The monoisotopic (exact) mass is 205 g/mol. The van der Waals surface area contributed by atoms with Gasteiger partial charge in [-0.05, 0) is 12.1 Å². The lowest BCUT2D eigenvalue weighted by Gasteiger charge is -2.07. The van der Waals surface area contributed by atoms with Crippen LogP contribution in [-0.4, -0.2) is 20.1 Å². The van der Waals surface area contributed by atoms with Crippen molar-refractivity contribution in [3.63, 3.8) is 0 Å². The quantitative estimate of drug-likeness (QED) is 0.815. The van der Waals surface area contributed by atoms with Crippen LogP contribution in [0.5, 0.6) is 5.75 Å². The van der Waals surface area contributed by atoms with E-state index in [9.17, 15) is 13.2 Å². The minimum atomic E-state index is -2.60. The molecule has 1 rings (SSSR count). The molecule has 1 N–H and O–H groups in total. The molecule has 1 aromatic rings. The molecule has 0 bridgehead atoms. The highest BCUT2D eigenvalue weighted by Crippen LogP contribution is 2.21. The number of anilines is 1. The first-order valence-corrected chi connectivity index (χ1v) is 4.01. The van der Waals surface area contributed by atoms with Crippen molar-refractivity contribution in [2.24, 2.45) is 0 Å². The minimum Gasteiger partial charge on any atom is -0.485 e. The van der Waals surface area contributed by atoms with E-state index in [0.29, 0.717) is 5.69 Å². The molecule has 14 heavy (non-hydrogen) atoms. The van der Waals surface area contributed by atoms with E-state index < -0.39 is 18.8 Å². The van der Waals surface area contributed by atoms with Gasteiger partial charge in [0.2, 0.25) is 0 Å². The Hall–Kier alpha value is -1.39. The lowest BCUT2D eigenvalue weighted by Crippen LogP contribution is -2.08. The average molecular weight is 205 g/mol. The van der Waals surface area contributed by atoms with E-state index >= 15 is 0 Å². The van der Waals surface area contributed by atoms with Gasteiger partial charge in [0.15, 0.2) is 11.6 Å². The molecule has 5 heteroatoms. The van der Waals surface area contributed by atoms with Crippen LogP contribution in [0, 0.1) is 5.82 Å². The first-order valence-electron chi connectivity index (χ1n) is 4.01. The summed E-state index contributed by atoms with van der Waals surface area (Å²) in [6, 6.07) is 4.04. The van der Waals surface area contributed by atoms with E-state index in [1.807, 2.05) is 0 Å². The van der Waals surface area contributed by atoms with Gasteiger partial charge in [-0.1, -0.05) is 0 Å². The summed E-state index contributed by atoms with van der Waals surface area (Å²) < 4.78 is 41.1. The van der Waals surface area contributed by atoms with Crippen LogP contribution in [0.4, 0.5) is 18.9 Å². The summed E-state index contributed by atoms with van der Waals surface area (Å²) in [6.07, 6.45) is -2.60. The van der Waals surface area contributed by atoms with Gasteiger partial charge >= 0.3 is 0 Å². The highest BCUT2D eigenvalue weighted by atomic mass is 19.3. The maximum atomic E-state index is 13.1. The van der Waals surface area contributed by atoms with Crippen LogP contribution in [0.3, 0.4) is 0 Å². The van der Waals surface area contributed by atoms with Crippen molar-refractivity contribution in [2.75, 3.05) is 19.0 Å². The van der Waals surface area contributed by atoms with E-state index in [1.54, 1.807) is 13.1 Å². The van der Waals surface area contributed by atoms with Crippen LogP contribution < -0.4 is 10.1 Å². The molecule has 1 aromatic carbocycles. The third-order valence-electron chi connectivity index (χ3n) is 1.59. The van der Waals surface area contributed by atoms with Crippen molar-refractivity contribution in [1.29, 1.82) is 0 Å². The smallest absolute Gasteiger partial charge is 0.272 e. The van der Waals surface area contributed by atoms with Crippen molar-refractivity contribution in [3.8, 4) is 5.75 Å². The lowest BCUT2D eigenvalue weighted by atomic mass is 10.3. The largest absolute Gasteiger partial charge is 0.485 e. The standard InChI is InChI=1S/C9H10F3NO/c1-13-6-2-3-8(7(10)4-6)14-5-9(11)12/h2-4,9,13H,5H2,1H3. The number of alkyl halides is 2.